The number of benzene rings is 1. The lowest BCUT2D eigenvalue weighted by Crippen LogP contribution is -2.45. The Morgan fingerprint density at radius 3 is 2.54 bits per heavy atom. The smallest absolute Gasteiger partial charge is 0.245 e. The first kappa shape index (κ1) is 16.8. The largest absolute Gasteiger partial charge is 0.370 e. The van der Waals surface area contributed by atoms with Crippen LogP contribution in [0.25, 0.3) is 0 Å². The van der Waals surface area contributed by atoms with Crippen molar-refractivity contribution in [1.29, 1.82) is 0 Å². The summed E-state index contributed by atoms with van der Waals surface area (Å²) in [6.07, 6.45) is 4.79. The first-order valence-electron chi connectivity index (χ1n) is 8.73. The molecular weight excluding hydrogens is 300 g/mol. The summed E-state index contributed by atoms with van der Waals surface area (Å²) < 4.78 is 7.93. The van der Waals surface area contributed by atoms with Crippen molar-refractivity contribution >= 4 is 5.91 Å². The SMILES string of the molecule is CC(C)C[C@H](C(=O)N1CCO[C@H](c2ccccc2)C1)n1cccc1. The zero-order valence-electron chi connectivity index (χ0n) is 14.5. The van der Waals surface area contributed by atoms with Crippen LogP contribution < -0.4 is 0 Å². The van der Waals surface area contributed by atoms with E-state index < -0.39 is 0 Å². The highest BCUT2D eigenvalue weighted by Gasteiger charge is 2.31. The minimum Gasteiger partial charge on any atom is -0.370 e. The molecule has 1 aromatic heterocycles. The number of aromatic nitrogens is 1. The molecule has 0 saturated carbocycles. The second kappa shape index (κ2) is 7.67. The second-order valence-electron chi connectivity index (χ2n) is 6.83. The molecule has 0 radical (unpaired) electrons. The van der Waals surface area contributed by atoms with E-state index in [4.69, 9.17) is 4.74 Å². The van der Waals surface area contributed by atoms with E-state index in [0.717, 1.165) is 12.0 Å². The average molecular weight is 326 g/mol. The van der Waals surface area contributed by atoms with Gasteiger partial charge in [0.15, 0.2) is 0 Å². The van der Waals surface area contributed by atoms with E-state index in [-0.39, 0.29) is 18.1 Å². The first-order chi connectivity index (χ1) is 11.6. The Morgan fingerprint density at radius 2 is 1.88 bits per heavy atom. The van der Waals surface area contributed by atoms with Crippen LogP contribution in [0.15, 0.2) is 54.9 Å². The molecule has 1 aliphatic rings. The van der Waals surface area contributed by atoms with Crippen LogP contribution in [0.4, 0.5) is 0 Å². The van der Waals surface area contributed by atoms with E-state index in [1.165, 1.54) is 0 Å². The van der Waals surface area contributed by atoms with Crippen LogP contribution in [0, 0.1) is 5.92 Å². The summed E-state index contributed by atoms with van der Waals surface area (Å²) in [5.41, 5.74) is 1.14. The minimum atomic E-state index is -0.130. The van der Waals surface area contributed by atoms with Gasteiger partial charge in [0, 0.05) is 18.9 Å². The third kappa shape index (κ3) is 3.88. The molecule has 0 spiro atoms. The third-order valence-electron chi connectivity index (χ3n) is 4.52. The summed E-state index contributed by atoms with van der Waals surface area (Å²) in [6, 6.07) is 14.0. The van der Waals surface area contributed by atoms with Gasteiger partial charge in [0.05, 0.1) is 13.2 Å². The molecule has 1 saturated heterocycles. The highest BCUT2D eigenvalue weighted by molar-refractivity contribution is 5.80. The molecule has 128 valence electrons. The van der Waals surface area contributed by atoms with Gasteiger partial charge in [-0.25, -0.2) is 0 Å². The Balaban J connectivity index is 1.74. The lowest BCUT2D eigenvalue weighted by atomic mass is 10.0. The van der Waals surface area contributed by atoms with Crippen LogP contribution in [0.3, 0.4) is 0 Å². The molecule has 0 aliphatic carbocycles. The average Bonchev–Trinajstić information content (AvgIpc) is 3.14. The van der Waals surface area contributed by atoms with Crippen molar-refractivity contribution in [3.8, 4) is 0 Å². The van der Waals surface area contributed by atoms with Crippen LogP contribution >= 0.6 is 0 Å². The molecular formula is C20H26N2O2. The number of ether oxygens (including phenoxy) is 1. The molecule has 1 fully saturated rings. The van der Waals surface area contributed by atoms with Crippen molar-refractivity contribution in [3.05, 3.63) is 60.4 Å². The van der Waals surface area contributed by atoms with E-state index in [2.05, 4.69) is 26.0 Å². The van der Waals surface area contributed by atoms with Crippen molar-refractivity contribution in [1.82, 2.24) is 9.47 Å². The molecule has 2 heterocycles. The van der Waals surface area contributed by atoms with E-state index >= 15 is 0 Å². The predicted octanol–water partition coefficient (Wildman–Crippen LogP) is 3.68. The quantitative estimate of drug-likeness (QED) is 0.840. The minimum absolute atomic E-state index is 0.0340. The van der Waals surface area contributed by atoms with E-state index in [0.29, 0.717) is 25.6 Å². The summed E-state index contributed by atoms with van der Waals surface area (Å²) in [7, 11) is 0. The first-order valence-corrected chi connectivity index (χ1v) is 8.73. The molecule has 0 bridgehead atoms. The Kier molecular flexibility index (Phi) is 5.36. The van der Waals surface area contributed by atoms with Gasteiger partial charge in [-0.1, -0.05) is 44.2 Å². The molecule has 4 heteroatoms. The molecule has 2 atom stereocenters. The second-order valence-corrected chi connectivity index (χ2v) is 6.83. The Labute approximate surface area is 144 Å². The summed E-state index contributed by atoms with van der Waals surface area (Å²) in [5, 5.41) is 0. The number of amides is 1. The number of hydrogen-bond donors (Lipinski definition) is 0. The van der Waals surface area contributed by atoms with Gasteiger partial charge in [0.2, 0.25) is 5.91 Å². The van der Waals surface area contributed by atoms with Crippen LogP contribution in [0.2, 0.25) is 0 Å². The topological polar surface area (TPSA) is 34.5 Å². The van der Waals surface area contributed by atoms with Gasteiger partial charge in [-0.3, -0.25) is 4.79 Å². The zero-order chi connectivity index (χ0) is 16.9. The maximum atomic E-state index is 13.2. The van der Waals surface area contributed by atoms with Gasteiger partial charge in [-0.15, -0.1) is 0 Å². The van der Waals surface area contributed by atoms with Crippen molar-refractivity contribution < 1.29 is 9.53 Å². The van der Waals surface area contributed by atoms with Crippen LogP contribution in [-0.2, 0) is 9.53 Å². The highest BCUT2D eigenvalue weighted by Crippen LogP contribution is 2.26. The van der Waals surface area contributed by atoms with Crippen molar-refractivity contribution in [2.45, 2.75) is 32.4 Å². The molecule has 0 unspecified atom stereocenters. The lowest BCUT2D eigenvalue weighted by Gasteiger charge is -2.36. The molecule has 4 nitrogen and oxygen atoms in total. The normalized spacial score (nSPS) is 19.5. The fourth-order valence-electron chi connectivity index (χ4n) is 3.28. The maximum Gasteiger partial charge on any atom is 0.245 e. The molecule has 1 aliphatic heterocycles. The fraction of sp³-hybridized carbons (Fsp3) is 0.450. The van der Waals surface area contributed by atoms with Gasteiger partial charge in [0.25, 0.3) is 0 Å². The van der Waals surface area contributed by atoms with Crippen molar-refractivity contribution in [3.63, 3.8) is 0 Å². The summed E-state index contributed by atoms with van der Waals surface area (Å²) in [4.78, 5) is 15.1. The maximum absolute atomic E-state index is 13.2. The monoisotopic (exact) mass is 326 g/mol. The van der Waals surface area contributed by atoms with Gasteiger partial charge in [-0.2, -0.15) is 0 Å². The molecule has 1 amide bonds. The number of nitrogens with zero attached hydrogens (tertiary/aromatic N) is 2. The standard InChI is InChI=1S/C20H26N2O2/c1-16(2)14-18(21-10-6-7-11-21)20(23)22-12-13-24-19(15-22)17-8-4-3-5-9-17/h3-11,16,18-19H,12-15H2,1-2H3/t18-,19+/m1/s1. The number of carbonyl (C=O) groups excluding carboxylic acids is 1. The number of morpholine rings is 1. The summed E-state index contributed by atoms with van der Waals surface area (Å²) in [6.45, 7) is 6.20. The number of hydrogen-bond acceptors (Lipinski definition) is 2. The summed E-state index contributed by atoms with van der Waals surface area (Å²) in [5.74, 6) is 0.663. The van der Waals surface area contributed by atoms with Gasteiger partial charge in [-0.05, 0) is 30.0 Å². The van der Waals surface area contributed by atoms with E-state index in [9.17, 15) is 4.79 Å². The molecule has 0 N–H and O–H groups in total. The lowest BCUT2D eigenvalue weighted by molar-refractivity contribution is -0.143. The highest BCUT2D eigenvalue weighted by atomic mass is 16.5. The van der Waals surface area contributed by atoms with Gasteiger partial charge in [0.1, 0.15) is 12.1 Å². The molecule has 1 aromatic carbocycles. The Morgan fingerprint density at radius 1 is 1.17 bits per heavy atom. The van der Waals surface area contributed by atoms with Crippen LogP contribution in [0.1, 0.15) is 38.0 Å². The zero-order valence-corrected chi connectivity index (χ0v) is 14.5. The third-order valence-corrected chi connectivity index (χ3v) is 4.52. The van der Waals surface area contributed by atoms with E-state index in [1.54, 1.807) is 0 Å². The van der Waals surface area contributed by atoms with Crippen molar-refractivity contribution in [2.75, 3.05) is 19.7 Å². The fourth-order valence-corrected chi connectivity index (χ4v) is 3.28. The molecule has 24 heavy (non-hydrogen) atoms. The molecule has 2 aromatic rings. The Bertz CT molecular complexity index is 637. The number of carbonyl (C=O) groups is 1. The van der Waals surface area contributed by atoms with Gasteiger partial charge >= 0.3 is 0 Å². The predicted molar refractivity (Wildman–Crippen MR) is 94.6 cm³/mol. The van der Waals surface area contributed by atoms with Crippen molar-refractivity contribution in [2.24, 2.45) is 5.92 Å². The Hall–Kier alpha value is -2.07. The molecule has 3 rings (SSSR count). The summed E-state index contributed by atoms with van der Waals surface area (Å²) >= 11 is 0. The number of rotatable bonds is 5. The van der Waals surface area contributed by atoms with Crippen LogP contribution in [-0.4, -0.2) is 35.1 Å². The van der Waals surface area contributed by atoms with Gasteiger partial charge < -0.3 is 14.2 Å². The van der Waals surface area contributed by atoms with Crippen LogP contribution in [0.5, 0.6) is 0 Å². The van der Waals surface area contributed by atoms with E-state index in [1.807, 2.05) is 52.2 Å².